The van der Waals surface area contributed by atoms with E-state index in [2.05, 4.69) is 25.1 Å². The average Bonchev–Trinajstić information content (AvgIpc) is 3.22. The lowest BCUT2D eigenvalue weighted by Crippen LogP contribution is -2.25. The van der Waals surface area contributed by atoms with E-state index in [1.54, 1.807) is 18.2 Å². The summed E-state index contributed by atoms with van der Waals surface area (Å²) < 4.78 is 55.1. The van der Waals surface area contributed by atoms with Crippen molar-refractivity contribution in [3.63, 3.8) is 0 Å². The molecule has 30 heavy (non-hydrogen) atoms. The molecule has 3 rings (SSSR count). The van der Waals surface area contributed by atoms with Crippen LogP contribution in [0, 0.1) is 5.82 Å². The third-order valence-corrected chi connectivity index (χ3v) is 3.75. The van der Waals surface area contributed by atoms with Crippen LogP contribution in [-0.4, -0.2) is 28.8 Å². The van der Waals surface area contributed by atoms with Gasteiger partial charge in [-0.05, 0) is 18.2 Å². The van der Waals surface area contributed by atoms with Crippen LogP contribution in [0.2, 0.25) is 0 Å². The summed E-state index contributed by atoms with van der Waals surface area (Å²) in [7, 11) is 0. The van der Waals surface area contributed by atoms with Gasteiger partial charge in [-0.1, -0.05) is 40.6 Å². The zero-order valence-corrected chi connectivity index (χ0v) is 15.2. The summed E-state index contributed by atoms with van der Waals surface area (Å²) in [6.07, 6.45) is -3.43. The van der Waals surface area contributed by atoms with Crippen LogP contribution in [0.4, 0.5) is 17.6 Å². The lowest BCUT2D eigenvalue weighted by molar-refractivity contribution is -0.159. The van der Waals surface area contributed by atoms with Gasteiger partial charge in [0.15, 0.2) is 0 Å². The van der Waals surface area contributed by atoms with Crippen molar-refractivity contribution in [2.24, 2.45) is 5.16 Å². The fourth-order valence-electron chi connectivity index (χ4n) is 2.28. The van der Waals surface area contributed by atoms with E-state index in [1.165, 1.54) is 36.5 Å². The van der Waals surface area contributed by atoms with E-state index in [0.29, 0.717) is 5.56 Å². The molecule has 1 N–H and O–H groups in total. The van der Waals surface area contributed by atoms with Crippen LogP contribution in [-0.2, 0) is 17.6 Å². The largest absolute Gasteiger partial charge is 0.471 e. The Labute approximate surface area is 167 Å². The summed E-state index contributed by atoms with van der Waals surface area (Å²) >= 11 is 0. The Morgan fingerprint density at radius 3 is 2.57 bits per heavy atom. The first-order valence-electron chi connectivity index (χ1n) is 8.51. The van der Waals surface area contributed by atoms with E-state index < -0.39 is 23.8 Å². The minimum Gasteiger partial charge on any atom is -0.391 e. The number of nitrogens with zero attached hydrogens (tertiary/aromatic N) is 3. The number of benzene rings is 2. The van der Waals surface area contributed by atoms with E-state index in [1.807, 2.05) is 0 Å². The normalized spacial score (nSPS) is 11.6. The van der Waals surface area contributed by atoms with Gasteiger partial charge >= 0.3 is 12.1 Å². The number of hydrogen-bond donors (Lipinski definition) is 1. The molecule has 0 atom stereocenters. The summed E-state index contributed by atoms with van der Waals surface area (Å²) in [5.41, 5.74) is 0.871. The minimum absolute atomic E-state index is 0.0509. The second-order valence-corrected chi connectivity index (χ2v) is 5.86. The molecular formula is C19H14F4N4O3. The molecule has 156 valence electrons. The molecule has 0 fully saturated rings. The van der Waals surface area contributed by atoms with Gasteiger partial charge in [0.05, 0.1) is 12.8 Å². The van der Waals surface area contributed by atoms with Crippen LogP contribution in [0.15, 0.2) is 58.2 Å². The van der Waals surface area contributed by atoms with Crippen LogP contribution in [0.5, 0.6) is 0 Å². The van der Waals surface area contributed by atoms with Gasteiger partial charge in [-0.3, -0.25) is 4.79 Å². The number of aromatic nitrogens is 2. The number of oxime groups is 1. The predicted octanol–water partition coefficient (Wildman–Crippen LogP) is 3.83. The minimum atomic E-state index is -4.73. The quantitative estimate of drug-likeness (QED) is 0.355. The summed E-state index contributed by atoms with van der Waals surface area (Å²) in [6, 6.07) is 11.7. The molecule has 0 aliphatic heterocycles. The second-order valence-electron chi connectivity index (χ2n) is 5.86. The molecule has 0 aliphatic carbocycles. The van der Waals surface area contributed by atoms with Gasteiger partial charge < -0.3 is 14.7 Å². The Bertz CT molecular complexity index is 1030. The fraction of sp³-hybridized carbons (Fsp3) is 0.158. The van der Waals surface area contributed by atoms with Crippen molar-refractivity contribution >= 4 is 12.1 Å². The first-order valence-corrected chi connectivity index (χ1v) is 8.51. The molecule has 0 saturated heterocycles. The van der Waals surface area contributed by atoms with Gasteiger partial charge in [0.1, 0.15) is 12.4 Å². The molecule has 0 radical (unpaired) electrons. The smallest absolute Gasteiger partial charge is 0.391 e. The number of halogens is 4. The molecule has 0 saturated carbocycles. The highest BCUT2D eigenvalue weighted by molar-refractivity contribution is 5.95. The van der Waals surface area contributed by atoms with Gasteiger partial charge in [0.2, 0.25) is 5.82 Å². The van der Waals surface area contributed by atoms with Crippen molar-refractivity contribution in [1.82, 2.24) is 15.5 Å². The summed E-state index contributed by atoms with van der Waals surface area (Å²) in [5.74, 6) is -2.53. The zero-order chi connectivity index (χ0) is 21.6. The van der Waals surface area contributed by atoms with E-state index in [-0.39, 0.29) is 30.1 Å². The van der Waals surface area contributed by atoms with Gasteiger partial charge in [-0.2, -0.15) is 18.2 Å². The molecular weight excluding hydrogens is 408 g/mol. The summed E-state index contributed by atoms with van der Waals surface area (Å²) in [5, 5.41) is 9.45. The van der Waals surface area contributed by atoms with E-state index in [9.17, 15) is 22.4 Å². The van der Waals surface area contributed by atoms with Crippen LogP contribution in [0.1, 0.15) is 21.8 Å². The van der Waals surface area contributed by atoms with Crippen molar-refractivity contribution in [3.8, 4) is 11.4 Å². The molecule has 1 heterocycles. The maximum atomic E-state index is 13.4. The number of amides is 1. The number of alkyl halides is 3. The lowest BCUT2D eigenvalue weighted by Gasteiger charge is -2.03. The molecule has 7 nitrogen and oxygen atoms in total. The Morgan fingerprint density at radius 2 is 1.90 bits per heavy atom. The summed E-state index contributed by atoms with van der Waals surface area (Å²) in [4.78, 5) is 20.3. The molecule has 1 amide bonds. The Kier molecular flexibility index (Phi) is 6.40. The maximum Gasteiger partial charge on any atom is 0.471 e. The van der Waals surface area contributed by atoms with Crippen LogP contribution >= 0.6 is 0 Å². The van der Waals surface area contributed by atoms with Gasteiger partial charge in [-0.15, -0.1) is 0 Å². The third kappa shape index (κ3) is 5.40. The zero-order valence-electron chi connectivity index (χ0n) is 15.2. The molecule has 0 bridgehead atoms. The Balaban J connectivity index is 1.48. The van der Waals surface area contributed by atoms with Crippen LogP contribution in [0.25, 0.3) is 11.4 Å². The highest BCUT2D eigenvalue weighted by Gasteiger charge is 2.38. The van der Waals surface area contributed by atoms with Crippen molar-refractivity contribution < 1.29 is 31.7 Å². The van der Waals surface area contributed by atoms with E-state index >= 15 is 0 Å². The first kappa shape index (κ1) is 21.0. The average molecular weight is 422 g/mol. The number of nitrogens with one attached hydrogen (secondary N) is 1. The number of carbonyl (C=O) groups is 1. The molecule has 11 heteroatoms. The van der Waals surface area contributed by atoms with Gasteiger partial charge in [0.25, 0.3) is 5.91 Å². The Hall–Kier alpha value is -3.76. The van der Waals surface area contributed by atoms with Crippen molar-refractivity contribution in [1.29, 1.82) is 0 Å². The molecule has 3 aromatic rings. The molecule has 2 aromatic carbocycles. The third-order valence-electron chi connectivity index (χ3n) is 3.75. The number of rotatable bonds is 7. The predicted molar refractivity (Wildman–Crippen MR) is 96.8 cm³/mol. The standard InChI is InChI=1S/C19H14F4N4O3/c20-15-4-2-1-3-14(15)11-29-25-10-9-24-17(28)13-7-5-12(6-8-13)16-26-18(30-27-16)19(21,22)23/h1-8,10H,9,11H2,(H,24,28). The van der Waals surface area contributed by atoms with Gasteiger partial charge in [0, 0.05) is 16.7 Å². The first-order chi connectivity index (χ1) is 14.3. The molecule has 1 aromatic heterocycles. The number of hydrogen-bond acceptors (Lipinski definition) is 6. The maximum absolute atomic E-state index is 13.4. The SMILES string of the molecule is O=C(NCC=NOCc1ccccc1F)c1ccc(-c2noc(C(F)(F)F)n2)cc1. The molecule has 0 spiro atoms. The van der Waals surface area contributed by atoms with E-state index in [0.717, 1.165) is 0 Å². The molecule has 0 aliphatic rings. The van der Waals surface area contributed by atoms with Crippen molar-refractivity contribution in [2.75, 3.05) is 6.54 Å². The summed E-state index contributed by atoms with van der Waals surface area (Å²) in [6.45, 7) is 0.00234. The van der Waals surface area contributed by atoms with E-state index in [4.69, 9.17) is 4.84 Å². The second kappa shape index (κ2) is 9.16. The molecule has 0 unspecified atom stereocenters. The van der Waals surface area contributed by atoms with Crippen LogP contribution in [0.3, 0.4) is 0 Å². The number of carbonyl (C=O) groups excluding carboxylic acids is 1. The lowest BCUT2D eigenvalue weighted by atomic mass is 10.1. The fourth-order valence-corrected chi connectivity index (χ4v) is 2.28. The monoisotopic (exact) mass is 422 g/mol. The van der Waals surface area contributed by atoms with Gasteiger partial charge in [-0.25, -0.2) is 4.39 Å². The highest BCUT2D eigenvalue weighted by atomic mass is 19.4. The van der Waals surface area contributed by atoms with Crippen molar-refractivity contribution in [2.45, 2.75) is 12.8 Å². The topological polar surface area (TPSA) is 89.6 Å². The Morgan fingerprint density at radius 1 is 1.17 bits per heavy atom. The van der Waals surface area contributed by atoms with Crippen LogP contribution < -0.4 is 5.32 Å². The highest BCUT2D eigenvalue weighted by Crippen LogP contribution is 2.29. The van der Waals surface area contributed by atoms with Crippen molar-refractivity contribution in [3.05, 3.63) is 71.4 Å².